The summed E-state index contributed by atoms with van der Waals surface area (Å²) in [6.07, 6.45) is 1.33. The number of primary amides is 1. The van der Waals surface area contributed by atoms with Crippen LogP contribution in [0.2, 0.25) is 0 Å². The smallest absolute Gasteiger partial charge is 0.408 e. The molecule has 2 atom stereocenters. The molecule has 0 unspecified atom stereocenters. The number of nitrogens with one attached hydrogen (secondary N) is 1. The number of nitrogens with zero attached hydrogens (tertiary/aromatic N) is 1. The van der Waals surface area contributed by atoms with Crippen LogP contribution < -0.4 is 11.1 Å². The molecular weight excluding hydrogens is 238 g/mol. The molecule has 1 fully saturated rings. The lowest BCUT2D eigenvalue weighted by Crippen LogP contribution is -2.72. The first-order valence-electron chi connectivity index (χ1n) is 5.45. The molecule has 0 radical (unpaired) electrons. The van der Waals surface area contributed by atoms with Crippen molar-refractivity contribution in [1.29, 1.82) is 0 Å². The number of β-lactam (4-membered cyclic amide) rings is 1. The van der Waals surface area contributed by atoms with E-state index in [0.29, 0.717) is 0 Å². The van der Waals surface area contributed by atoms with E-state index >= 15 is 0 Å². The first-order valence-corrected chi connectivity index (χ1v) is 5.45. The monoisotopic (exact) mass is 255 g/mol. The zero-order valence-corrected chi connectivity index (χ0v) is 10.5. The molecule has 1 saturated heterocycles. The highest BCUT2D eigenvalue weighted by Crippen LogP contribution is 2.24. The van der Waals surface area contributed by atoms with E-state index in [1.54, 1.807) is 20.8 Å². The van der Waals surface area contributed by atoms with Crippen LogP contribution in [0.3, 0.4) is 0 Å². The SMILES string of the molecule is CC(C)(C)N(C(=O)O)[C@H]1C(=O)N[C@H]1/C=C/C(N)=O. The number of carbonyl (C=O) groups is 3. The number of hydrogen-bond donors (Lipinski definition) is 3. The quantitative estimate of drug-likeness (QED) is 0.473. The van der Waals surface area contributed by atoms with Crippen LogP contribution >= 0.6 is 0 Å². The topological polar surface area (TPSA) is 113 Å². The Morgan fingerprint density at radius 3 is 2.33 bits per heavy atom. The third-order valence-electron chi connectivity index (χ3n) is 2.59. The lowest BCUT2D eigenvalue weighted by molar-refractivity contribution is -0.137. The first kappa shape index (κ1) is 14.0. The van der Waals surface area contributed by atoms with Crippen LogP contribution in [-0.2, 0) is 9.59 Å². The van der Waals surface area contributed by atoms with E-state index in [9.17, 15) is 19.5 Å². The normalized spacial score (nSPS) is 23.4. The van der Waals surface area contributed by atoms with Gasteiger partial charge in [-0.1, -0.05) is 6.08 Å². The number of carbonyl (C=O) groups excluding carboxylic acids is 2. The third kappa shape index (κ3) is 2.79. The number of rotatable bonds is 3. The van der Waals surface area contributed by atoms with Gasteiger partial charge in [-0.2, -0.15) is 0 Å². The maximum atomic E-state index is 11.5. The van der Waals surface area contributed by atoms with Gasteiger partial charge in [0.2, 0.25) is 11.8 Å². The van der Waals surface area contributed by atoms with Gasteiger partial charge >= 0.3 is 6.09 Å². The summed E-state index contributed by atoms with van der Waals surface area (Å²) in [7, 11) is 0. The third-order valence-corrected chi connectivity index (χ3v) is 2.59. The molecule has 0 saturated carbocycles. The molecule has 0 aliphatic carbocycles. The van der Waals surface area contributed by atoms with Crippen LogP contribution in [0, 0.1) is 0 Å². The van der Waals surface area contributed by atoms with Crippen molar-refractivity contribution in [2.45, 2.75) is 38.4 Å². The summed E-state index contributed by atoms with van der Waals surface area (Å²) < 4.78 is 0. The van der Waals surface area contributed by atoms with Gasteiger partial charge in [0, 0.05) is 11.6 Å². The van der Waals surface area contributed by atoms with Crippen LogP contribution in [0.15, 0.2) is 12.2 Å². The fourth-order valence-electron chi connectivity index (χ4n) is 1.85. The molecule has 0 aromatic rings. The van der Waals surface area contributed by atoms with Crippen molar-refractivity contribution in [3.8, 4) is 0 Å². The molecule has 100 valence electrons. The molecule has 7 heteroatoms. The van der Waals surface area contributed by atoms with Gasteiger partial charge in [-0.3, -0.25) is 14.5 Å². The minimum Gasteiger partial charge on any atom is -0.465 e. The second-order valence-electron chi connectivity index (χ2n) is 5.06. The molecule has 3 amide bonds. The Balaban J connectivity index is 2.93. The van der Waals surface area contributed by atoms with Crippen LogP contribution in [0.5, 0.6) is 0 Å². The lowest BCUT2D eigenvalue weighted by atomic mass is 9.92. The van der Waals surface area contributed by atoms with Crippen LogP contribution in [0.1, 0.15) is 20.8 Å². The van der Waals surface area contributed by atoms with E-state index in [2.05, 4.69) is 5.32 Å². The number of amides is 3. The van der Waals surface area contributed by atoms with Crippen molar-refractivity contribution in [2.24, 2.45) is 5.73 Å². The Morgan fingerprint density at radius 2 is 2.00 bits per heavy atom. The number of hydrogen-bond acceptors (Lipinski definition) is 3. The Kier molecular flexibility index (Phi) is 3.64. The molecular formula is C11H17N3O4. The Bertz CT molecular complexity index is 411. The van der Waals surface area contributed by atoms with Crippen molar-refractivity contribution in [3.63, 3.8) is 0 Å². The van der Waals surface area contributed by atoms with Gasteiger partial charge in [-0.15, -0.1) is 0 Å². The average molecular weight is 255 g/mol. The second kappa shape index (κ2) is 4.67. The molecule has 7 nitrogen and oxygen atoms in total. The highest BCUT2D eigenvalue weighted by Gasteiger charge is 2.48. The maximum absolute atomic E-state index is 11.5. The van der Waals surface area contributed by atoms with E-state index < -0.39 is 29.6 Å². The molecule has 1 heterocycles. The van der Waals surface area contributed by atoms with Gasteiger partial charge in [0.05, 0.1) is 6.04 Å². The van der Waals surface area contributed by atoms with Gasteiger partial charge in [0.25, 0.3) is 0 Å². The summed E-state index contributed by atoms with van der Waals surface area (Å²) in [6.45, 7) is 5.09. The summed E-state index contributed by atoms with van der Waals surface area (Å²) >= 11 is 0. The second-order valence-corrected chi connectivity index (χ2v) is 5.06. The molecule has 1 aliphatic rings. The molecule has 0 spiro atoms. The summed E-state index contributed by atoms with van der Waals surface area (Å²) in [6, 6.07) is -1.36. The van der Waals surface area contributed by atoms with Gasteiger partial charge in [-0.25, -0.2) is 4.79 Å². The van der Waals surface area contributed by atoms with Gasteiger partial charge in [-0.05, 0) is 20.8 Å². The lowest BCUT2D eigenvalue weighted by Gasteiger charge is -2.46. The largest absolute Gasteiger partial charge is 0.465 e. The summed E-state index contributed by atoms with van der Waals surface area (Å²) in [4.78, 5) is 34.4. The standard InChI is InChI=1S/C11H17N3O4/c1-11(2,3)14(10(17)18)8-6(13-9(8)16)4-5-7(12)15/h4-6,8H,1-3H3,(H2,12,15)(H,13,16)(H,17,18)/b5-4+/t6-,8+/m0/s1. The Morgan fingerprint density at radius 1 is 1.44 bits per heavy atom. The Hall–Kier alpha value is -2.05. The van der Waals surface area contributed by atoms with Gasteiger partial charge < -0.3 is 16.2 Å². The van der Waals surface area contributed by atoms with Crippen LogP contribution in [0.4, 0.5) is 4.79 Å². The van der Waals surface area contributed by atoms with E-state index in [-0.39, 0.29) is 5.91 Å². The minimum absolute atomic E-state index is 0.383. The highest BCUT2D eigenvalue weighted by atomic mass is 16.4. The number of carboxylic acid groups (broad SMARTS) is 1. The fraction of sp³-hybridized carbons (Fsp3) is 0.545. The van der Waals surface area contributed by atoms with E-state index in [0.717, 1.165) is 11.0 Å². The minimum atomic E-state index is -1.18. The molecule has 0 aromatic heterocycles. The van der Waals surface area contributed by atoms with Crippen LogP contribution in [-0.4, -0.2) is 45.5 Å². The summed E-state index contributed by atoms with van der Waals surface area (Å²) in [5.74, 6) is -1.03. The van der Waals surface area contributed by atoms with Crippen molar-refractivity contribution in [1.82, 2.24) is 10.2 Å². The first-order chi connectivity index (χ1) is 8.14. The Labute approximate surface area is 105 Å². The fourth-order valence-corrected chi connectivity index (χ4v) is 1.85. The molecule has 1 rings (SSSR count). The maximum Gasteiger partial charge on any atom is 0.408 e. The zero-order chi connectivity index (χ0) is 14.1. The van der Waals surface area contributed by atoms with E-state index in [1.807, 2.05) is 0 Å². The predicted octanol–water partition coefficient (Wildman–Crippen LogP) is -0.327. The summed E-state index contributed by atoms with van der Waals surface area (Å²) in [5, 5.41) is 11.7. The predicted molar refractivity (Wildman–Crippen MR) is 63.7 cm³/mol. The average Bonchev–Trinajstić information content (AvgIpc) is 2.17. The zero-order valence-electron chi connectivity index (χ0n) is 10.5. The molecule has 1 aliphatic heterocycles. The highest BCUT2D eigenvalue weighted by molar-refractivity contribution is 5.94. The molecule has 4 N–H and O–H groups in total. The molecule has 0 aromatic carbocycles. The molecule has 18 heavy (non-hydrogen) atoms. The van der Waals surface area contributed by atoms with E-state index in [4.69, 9.17) is 5.73 Å². The summed E-state index contributed by atoms with van der Waals surface area (Å²) in [5.41, 5.74) is 4.24. The van der Waals surface area contributed by atoms with Gasteiger partial charge in [0.15, 0.2) is 0 Å². The van der Waals surface area contributed by atoms with Crippen LogP contribution in [0.25, 0.3) is 0 Å². The van der Waals surface area contributed by atoms with Crippen molar-refractivity contribution in [3.05, 3.63) is 12.2 Å². The van der Waals surface area contributed by atoms with Crippen molar-refractivity contribution in [2.75, 3.05) is 0 Å². The molecule has 0 bridgehead atoms. The number of nitrogens with two attached hydrogens (primary N) is 1. The van der Waals surface area contributed by atoms with Gasteiger partial charge in [0.1, 0.15) is 6.04 Å². The van der Waals surface area contributed by atoms with Crippen molar-refractivity contribution < 1.29 is 19.5 Å². The van der Waals surface area contributed by atoms with Crippen molar-refractivity contribution >= 4 is 17.9 Å². The van der Waals surface area contributed by atoms with E-state index in [1.165, 1.54) is 6.08 Å².